The van der Waals surface area contributed by atoms with Crippen LogP contribution in [-0.4, -0.2) is 26.0 Å². The molecule has 2 nitrogen and oxygen atoms in total. The van der Waals surface area contributed by atoms with Gasteiger partial charge >= 0.3 is 0 Å². The first-order valence-corrected chi connectivity index (χ1v) is 2.73. The molecule has 0 unspecified atom stereocenters. The quantitative estimate of drug-likeness (QED) is 0.566. The molecule has 48 valence electrons. The standard InChI is InChI=1S/C6H14N2/c1-5-6(7-2)8(3)4/h5,7H,1-4H3/b6-5-. The zero-order valence-corrected chi connectivity index (χ0v) is 6.02. The lowest BCUT2D eigenvalue weighted by molar-refractivity contribution is 0.475. The summed E-state index contributed by atoms with van der Waals surface area (Å²) in [5, 5.41) is 3.04. The van der Waals surface area contributed by atoms with Gasteiger partial charge in [0.25, 0.3) is 0 Å². The minimum Gasteiger partial charge on any atom is -0.375 e. The molecule has 0 saturated heterocycles. The summed E-state index contributed by atoms with van der Waals surface area (Å²) >= 11 is 0. The van der Waals surface area contributed by atoms with Crippen LogP contribution in [0.1, 0.15) is 6.92 Å². The van der Waals surface area contributed by atoms with Gasteiger partial charge in [-0.25, -0.2) is 0 Å². The van der Waals surface area contributed by atoms with Gasteiger partial charge in [-0.15, -0.1) is 0 Å². The third-order valence-electron chi connectivity index (χ3n) is 1.01. The molecule has 0 radical (unpaired) electrons. The summed E-state index contributed by atoms with van der Waals surface area (Å²) in [7, 11) is 5.92. The Kier molecular flexibility index (Phi) is 3.08. The van der Waals surface area contributed by atoms with E-state index in [0.29, 0.717) is 0 Å². The summed E-state index contributed by atoms with van der Waals surface area (Å²) in [5.74, 6) is 1.14. The van der Waals surface area contributed by atoms with Gasteiger partial charge in [-0.2, -0.15) is 0 Å². The maximum absolute atomic E-state index is 3.04. The Balaban J connectivity index is 3.72. The van der Waals surface area contributed by atoms with Crippen molar-refractivity contribution in [2.75, 3.05) is 21.1 Å². The second-order valence-corrected chi connectivity index (χ2v) is 1.82. The first-order chi connectivity index (χ1) is 3.72. The molecule has 0 aromatic rings. The van der Waals surface area contributed by atoms with Crippen molar-refractivity contribution >= 4 is 0 Å². The molecule has 2 heteroatoms. The van der Waals surface area contributed by atoms with Crippen LogP contribution in [0.3, 0.4) is 0 Å². The molecule has 1 N–H and O–H groups in total. The van der Waals surface area contributed by atoms with Gasteiger partial charge in [0.1, 0.15) is 0 Å². The third-order valence-corrected chi connectivity index (χ3v) is 1.01. The molecule has 0 aliphatic carbocycles. The van der Waals surface area contributed by atoms with Crippen molar-refractivity contribution in [3.63, 3.8) is 0 Å². The van der Waals surface area contributed by atoms with Crippen LogP contribution >= 0.6 is 0 Å². The number of hydrogen-bond donors (Lipinski definition) is 1. The van der Waals surface area contributed by atoms with Gasteiger partial charge in [0.2, 0.25) is 0 Å². The smallest absolute Gasteiger partial charge is 0.0961 e. The molecular formula is C6H14N2. The van der Waals surface area contributed by atoms with E-state index in [1.54, 1.807) is 0 Å². The molecule has 0 saturated carbocycles. The Morgan fingerprint density at radius 1 is 1.50 bits per heavy atom. The Bertz CT molecular complexity index is 84.5. The Labute approximate surface area is 51.2 Å². The summed E-state index contributed by atoms with van der Waals surface area (Å²) in [6.07, 6.45) is 2.03. The van der Waals surface area contributed by atoms with E-state index in [0.717, 1.165) is 5.82 Å². The van der Waals surface area contributed by atoms with Crippen LogP contribution in [0.2, 0.25) is 0 Å². The average Bonchev–Trinajstić information content (AvgIpc) is 1.69. The zero-order valence-electron chi connectivity index (χ0n) is 6.02. The van der Waals surface area contributed by atoms with E-state index in [1.165, 1.54) is 0 Å². The van der Waals surface area contributed by atoms with Gasteiger partial charge in [-0.3, -0.25) is 0 Å². The monoisotopic (exact) mass is 114 g/mol. The summed E-state index contributed by atoms with van der Waals surface area (Å²) < 4.78 is 0. The highest BCUT2D eigenvalue weighted by atomic mass is 15.2. The Hall–Kier alpha value is -0.660. The summed E-state index contributed by atoms with van der Waals surface area (Å²) in [6, 6.07) is 0. The van der Waals surface area contributed by atoms with Crippen molar-refractivity contribution < 1.29 is 0 Å². The summed E-state index contributed by atoms with van der Waals surface area (Å²) in [4.78, 5) is 2.03. The predicted octanol–water partition coefficient (Wildman–Crippen LogP) is 0.629. The van der Waals surface area contributed by atoms with Crippen molar-refractivity contribution in [1.82, 2.24) is 10.2 Å². The highest BCUT2D eigenvalue weighted by Gasteiger charge is 1.88. The van der Waals surface area contributed by atoms with Crippen molar-refractivity contribution in [3.8, 4) is 0 Å². The molecule has 0 heterocycles. The molecule has 0 amide bonds. The van der Waals surface area contributed by atoms with Crippen LogP contribution in [-0.2, 0) is 0 Å². The van der Waals surface area contributed by atoms with E-state index in [-0.39, 0.29) is 0 Å². The van der Waals surface area contributed by atoms with Gasteiger partial charge in [0, 0.05) is 21.1 Å². The van der Waals surface area contributed by atoms with Crippen molar-refractivity contribution in [1.29, 1.82) is 0 Å². The van der Waals surface area contributed by atoms with E-state index in [1.807, 2.05) is 39.0 Å². The van der Waals surface area contributed by atoms with Gasteiger partial charge in [-0.05, 0) is 13.0 Å². The highest BCUT2D eigenvalue weighted by Crippen LogP contribution is 1.88. The van der Waals surface area contributed by atoms with Crippen LogP contribution in [0.4, 0.5) is 0 Å². The predicted molar refractivity (Wildman–Crippen MR) is 36.5 cm³/mol. The van der Waals surface area contributed by atoms with Crippen LogP contribution in [0.5, 0.6) is 0 Å². The van der Waals surface area contributed by atoms with E-state index < -0.39 is 0 Å². The normalized spacial score (nSPS) is 11.2. The fraction of sp³-hybridized carbons (Fsp3) is 0.667. The third kappa shape index (κ3) is 1.87. The second kappa shape index (κ2) is 3.36. The Morgan fingerprint density at radius 2 is 2.00 bits per heavy atom. The average molecular weight is 114 g/mol. The zero-order chi connectivity index (χ0) is 6.57. The van der Waals surface area contributed by atoms with E-state index in [9.17, 15) is 0 Å². The first-order valence-electron chi connectivity index (χ1n) is 2.73. The second-order valence-electron chi connectivity index (χ2n) is 1.82. The number of rotatable bonds is 2. The molecule has 0 spiro atoms. The minimum absolute atomic E-state index is 1.14. The van der Waals surface area contributed by atoms with Crippen LogP contribution in [0, 0.1) is 0 Å². The molecule has 0 aliphatic heterocycles. The highest BCUT2D eigenvalue weighted by molar-refractivity contribution is 4.92. The van der Waals surface area contributed by atoms with E-state index in [2.05, 4.69) is 5.32 Å². The van der Waals surface area contributed by atoms with Gasteiger partial charge in [0.15, 0.2) is 0 Å². The number of nitrogens with one attached hydrogen (secondary N) is 1. The molecular weight excluding hydrogens is 100 g/mol. The molecule has 0 aromatic carbocycles. The summed E-state index contributed by atoms with van der Waals surface area (Å²) in [6.45, 7) is 2.01. The number of allylic oxidation sites excluding steroid dienone is 1. The lowest BCUT2D eigenvalue weighted by Crippen LogP contribution is -2.21. The van der Waals surface area contributed by atoms with Gasteiger partial charge in [0.05, 0.1) is 5.82 Å². The molecule has 0 aromatic heterocycles. The fourth-order valence-electron chi connectivity index (χ4n) is 0.626. The largest absolute Gasteiger partial charge is 0.375 e. The number of nitrogens with zero attached hydrogens (tertiary/aromatic N) is 1. The van der Waals surface area contributed by atoms with Gasteiger partial charge < -0.3 is 10.2 Å². The maximum Gasteiger partial charge on any atom is 0.0961 e. The Morgan fingerprint density at radius 3 is 2.00 bits per heavy atom. The van der Waals surface area contributed by atoms with Crippen molar-refractivity contribution in [2.45, 2.75) is 6.92 Å². The SMILES string of the molecule is C/C=C(/NC)N(C)C. The molecule has 0 bridgehead atoms. The van der Waals surface area contributed by atoms with Crippen LogP contribution in [0.15, 0.2) is 11.9 Å². The number of hydrogen-bond acceptors (Lipinski definition) is 2. The topological polar surface area (TPSA) is 15.3 Å². The summed E-state index contributed by atoms with van der Waals surface area (Å²) in [5.41, 5.74) is 0. The lowest BCUT2D eigenvalue weighted by Gasteiger charge is -2.15. The molecule has 0 fully saturated rings. The molecule has 0 rings (SSSR count). The first kappa shape index (κ1) is 7.34. The van der Waals surface area contributed by atoms with Crippen LogP contribution in [0.25, 0.3) is 0 Å². The minimum atomic E-state index is 1.14. The van der Waals surface area contributed by atoms with Crippen molar-refractivity contribution in [3.05, 3.63) is 11.9 Å². The fourth-order valence-corrected chi connectivity index (χ4v) is 0.626. The molecule has 0 atom stereocenters. The maximum atomic E-state index is 3.04. The lowest BCUT2D eigenvalue weighted by atomic mass is 10.5. The van der Waals surface area contributed by atoms with E-state index in [4.69, 9.17) is 0 Å². The molecule has 0 aliphatic rings. The van der Waals surface area contributed by atoms with Crippen LogP contribution < -0.4 is 5.32 Å². The van der Waals surface area contributed by atoms with Crippen molar-refractivity contribution in [2.24, 2.45) is 0 Å². The van der Waals surface area contributed by atoms with Gasteiger partial charge in [-0.1, -0.05) is 0 Å². The van der Waals surface area contributed by atoms with E-state index >= 15 is 0 Å². The molecule has 8 heavy (non-hydrogen) atoms.